The van der Waals surface area contributed by atoms with E-state index in [1.165, 1.54) is 14.2 Å². The third-order valence-electron chi connectivity index (χ3n) is 3.23. The molecule has 0 aliphatic carbocycles. The molecule has 110 valence electrons. The number of hydrogen-bond donors (Lipinski definition) is 1. The zero-order chi connectivity index (χ0) is 14.9. The summed E-state index contributed by atoms with van der Waals surface area (Å²) in [4.78, 5) is 0. The largest absolute Gasteiger partial charge is 0.507 e. The smallest absolute Gasteiger partial charge is 0.365 e. The summed E-state index contributed by atoms with van der Waals surface area (Å²) in [6.07, 6.45) is 1.46. The minimum Gasteiger partial charge on any atom is -0.507 e. The Morgan fingerprint density at radius 2 is 2.05 bits per heavy atom. The van der Waals surface area contributed by atoms with E-state index in [2.05, 4.69) is 5.16 Å². The number of hydrogen-bond acceptors (Lipinski definition) is 6. The fourth-order valence-corrected chi connectivity index (χ4v) is 3.72. The third-order valence-corrected chi connectivity index (χ3v) is 5.18. The Labute approximate surface area is 117 Å². The SMILES string of the molecule is CCCc1cc2onc(C)c2c(P(=O)(OC)OC)c1O. The van der Waals surface area contributed by atoms with Crippen LogP contribution in [0.4, 0.5) is 0 Å². The molecule has 1 heterocycles. The highest BCUT2D eigenvalue weighted by Crippen LogP contribution is 2.50. The summed E-state index contributed by atoms with van der Waals surface area (Å²) in [5.41, 5.74) is 1.64. The molecular weight excluding hydrogens is 281 g/mol. The van der Waals surface area contributed by atoms with Crippen LogP contribution in [0.5, 0.6) is 5.75 Å². The molecule has 0 spiro atoms. The number of aromatic nitrogens is 1. The van der Waals surface area contributed by atoms with E-state index in [1.807, 2.05) is 6.92 Å². The first-order valence-electron chi connectivity index (χ1n) is 6.31. The Kier molecular flexibility index (Phi) is 4.18. The van der Waals surface area contributed by atoms with Crippen molar-refractivity contribution in [2.24, 2.45) is 0 Å². The highest BCUT2D eigenvalue weighted by atomic mass is 31.2. The van der Waals surface area contributed by atoms with Crippen molar-refractivity contribution in [3.8, 4) is 5.75 Å². The Bertz CT molecular complexity index is 671. The molecule has 7 heteroatoms. The van der Waals surface area contributed by atoms with Crippen molar-refractivity contribution in [1.82, 2.24) is 5.16 Å². The first-order valence-corrected chi connectivity index (χ1v) is 7.85. The van der Waals surface area contributed by atoms with E-state index in [-0.39, 0.29) is 11.1 Å². The molecule has 0 saturated carbocycles. The molecule has 6 nitrogen and oxygen atoms in total. The van der Waals surface area contributed by atoms with Crippen LogP contribution in [0.1, 0.15) is 24.6 Å². The predicted molar refractivity (Wildman–Crippen MR) is 75.7 cm³/mol. The first kappa shape index (κ1) is 15.0. The van der Waals surface area contributed by atoms with E-state index in [1.54, 1.807) is 13.0 Å². The van der Waals surface area contributed by atoms with E-state index < -0.39 is 7.60 Å². The van der Waals surface area contributed by atoms with Crippen molar-refractivity contribution in [1.29, 1.82) is 0 Å². The molecule has 0 bridgehead atoms. The van der Waals surface area contributed by atoms with Gasteiger partial charge in [0.15, 0.2) is 5.58 Å². The maximum absolute atomic E-state index is 12.7. The molecule has 0 fully saturated rings. The lowest BCUT2D eigenvalue weighted by Gasteiger charge is -2.17. The maximum atomic E-state index is 12.7. The predicted octanol–water partition coefficient (Wildman–Crippen LogP) is 2.91. The number of phenolic OH excluding ortho intramolecular Hbond substituents is 1. The summed E-state index contributed by atoms with van der Waals surface area (Å²) in [5, 5.41) is 14.9. The highest BCUT2D eigenvalue weighted by Gasteiger charge is 2.34. The van der Waals surface area contributed by atoms with Gasteiger partial charge in [0.2, 0.25) is 0 Å². The van der Waals surface area contributed by atoms with Gasteiger partial charge in [0.25, 0.3) is 0 Å². The highest BCUT2D eigenvalue weighted by molar-refractivity contribution is 7.63. The second kappa shape index (κ2) is 5.56. The molecule has 1 aromatic heterocycles. The van der Waals surface area contributed by atoms with Gasteiger partial charge in [-0.15, -0.1) is 0 Å². The average Bonchev–Trinajstić information content (AvgIpc) is 2.80. The Balaban J connectivity index is 2.87. The monoisotopic (exact) mass is 299 g/mol. The normalized spacial score (nSPS) is 12.2. The van der Waals surface area contributed by atoms with Gasteiger partial charge in [-0.05, 0) is 25.0 Å². The van der Waals surface area contributed by atoms with Crippen molar-refractivity contribution in [2.45, 2.75) is 26.7 Å². The van der Waals surface area contributed by atoms with Gasteiger partial charge in [-0.25, -0.2) is 0 Å². The molecule has 0 saturated heterocycles. The summed E-state index contributed by atoms with van der Waals surface area (Å²) in [6.45, 7) is 3.70. The second-order valence-electron chi connectivity index (χ2n) is 4.49. The van der Waals surface area contributed by atoms with Crippen molar-refractivity contribution < 1.29 is 23.2 Å². The lowest BCUT2D eigenvalue weighted by Crippen LogP contribution is -2.12. The molecule has 0 aliphatic heterocycles. The summed E-state index contributed by atoms with van der Waals surface area (Å²) < 4.78 is 28.0. The van der Waals surface area contributed by atoms with Crippen LogP contribution in [-0.2, 0) is 20.0 Å². The summed E-state index contributed by atoms with van der Waals surface area (Å²) >= 11 is 0. The Morgan fingerprint density at radius 1 is 1.40 bits per heavy atom. The molecule has 0 aliphatic rings. The summed E-state index contributed by atoms with van der Waals surface area (Å²) in [5.74, 6) is -0.0716. The third kappa shape index (κ3) is 2.24. The maximum Gasteiger partial charge on any atom is 0.365 e. The molecular formula is C13H18NO5P. The van der Waals surface area contributed by atoms with E-state index in [0.29, 0.717) is 28.6 Å². The van der Waals surface area contributed by atoms with Crippen molar-refractivity contribution in [3.05, 3.63) is 17.3 Å². The number of rotatable bonds is 5. The molecule has 2 aromatic rings. The Morgan fingerprint density at radius 3 is 2.60 bits per heavy atom. The molecule has 0 unspecified atom stereocenters. The van der Waals surface area contributed by atoms with Crippen LogP contribution in [0.15, 0.2) is 10.6 Å². The molecule has 2 rings (SSSR count). The number of nitrogens with zero attached hydrogens (tertiary/aromatic N) is 1. The number of phenols is 1. The molecule has 0 radical (unpaired) electrons. The molecule has 0 amide bonds. The van der Waals surface area contributed by atoms with Gasteiger partial charge in [0.1, 0.15) is 11.1 Å². The van der Waals surface area contributed by atoms with E-state index >= 15 is 0 Å². The van der Waals surface area contributed by atoms with Crippen molar-refractivity contribution >= 4 is 23.9 Å². The quantitative estimate of drug-likeness (QED) is 0.855. The number of benzene rings is 1. The summed E-state index contributed by atoms with van der Waals surface area (Å²) in [6, 6.07) is 1.72. The topological polar surface area (TPSA) is 81.8 Å². The van der Waals surface area contributed by atoms with Crippen LogP contribution >= 0.6 is 7.60 Å². The van der Waals surface area contributed by atoms with Gasteiger partial charge < -0.3 is 18.7 Å². The Hall–Kier alpha value is -1.36. The number of aryl methyl sites for hydroxylation is 2. The standard InChI is InChI=1S/C13H18NO5P/c1-5-6-9-7-10-11(8(2)14-19-10)13(12(9)15)20(16,17-3)18-4/h7,15H,5-6H2,1-4H3. The minimum absolute atomic E-state index is 0.0716. The van der Waals surface area contributed by atoms with Gasteiger partial charge in [-0.2, -0.15) is 0 Å². The van der Waals surface area contributed by atoms with Crippen molar-refractivity contribution in [2.75, 3.05) is 14.2 Å². The van der Waals surface area contributed by atoms with E-state index in [0.717, 1.165) is 6.42 Å². The van der Waals surface area contributed by atoms with Crippen LogP contribution in [0.2, 0.25) is 0 Å². The van der Waals surface area contributed by atoms with Gasteiger partial charge in [-0.3, -0.25) is 4.57 Å². The molecule has 0 atom stereocenters. The average molecular weight is 299 g/mol. The molecule has 1 N–H and O–H groups in total. The van der Waals surface area contributed by atoms with Gasteiger partial charge in [0.05, 0.1) is 11.1 Å². The summed E-state index contributed by atoms with van der Waals surface area (Å²) in [7, 11) is -1.05. The fourth-order valence-electron chi connectivity index (χ4n) is 2.25. The lowest BCUT2D eigenvalue weighted by atomic mass is 10.1. The zero-order valence-electron chi connectivity index (χ0n) is 12.0. The number of fused-ring (bicyclic) bond motifs is 1. The fraction of sp³-hybridized carbons (Fsp3) is 0.462. The van der Waals surface area contributed by atoms with Crippen LogP contribution < -0.4 is 5.30 Å². The van der Waals surface area contributed by atoms with Gasteiger partial charge in [-0.1, -0.05) is 18.5 Å². The van der Waals surface area contributed by atoms with E-state index in [4.69, 9.17) is 13.6 Å². The molecule has 20 heavy (non-hydrogen) atoms. The van der Waals surface area contributed by atoms with Crippen LogP contribution in [0.25, 0.3) is 11.0 Å². The van der Waals surface area contributed by atoms with Gasteiger partial charge in [0, 0.05) is 14.2 Å². The van der Waals surface area contributed by atoms with Crippen molar-refractivity contribution in [3.63, 3.8) is 0 Å². The van der Waals surface area contributed by atoms with Crippen LogP contribution in [0, 0.1) is 6.92 Å². The second-order valence-corrected chi connectivity index (χ2v) is 6.66. The van der Waals surface area contributed by atoms with E-state index in [9.17, 15) is 9.67 Å². The van der Waals surface area contributed by atoms with Crippen LogP contribution in [0.3, 0.4) is 0 Å². The lowest BCUT2D eigenvalue weighted by molar-refractivity contribution is 0.286. The van der Waals surface area contributed by atoms with Gasteiger partial charge >= 0.3 is 7.60 Å². The number of aromatic hydroxyl groups is 1. The molecule has 1 aromatic carbocycles. The first-order chi connectivity index (χ1) is 9.48. The minimum atomic E-state index is -3.61. The van der Waals surface area contributed by atoms with Crippen LogP contribution in [-0.4, -0.2) is 24.5 Å². The zero-order valence-corrected chi connectivity index (χ0v) is 12.9.